The molecule has 0 bridgehead atoms. The number of hydrogen-bond acceptors (Lipinski definition) is 3. The third kappa shape index (κ3) is 4.62. The summed E-state index contributed by atoms with van der Waals surface area (Å²) in [6.07, 6.45) is 11.1. The van der Waals surface area contributed by atoms with E-state index in [0.717, 1.165) is 23.8 Å². The average molecular weight is 301 g/mol. The Kier molecular flexibility index (Phi) is 6.50. The van der Waals surface area contributed by atoms with E-state index >= 15 is 0 Å². The Morgan fingerprint density at radius 1 is 1.00 bits per heavy atom. The summed E-state index contributed by atoms with van der Waals surface area (Å²) in [7, 11) is 0. The predicted molar refractivity (Wildman–Crippen MR) is 93.2 cm³/mol. The molecule has 1 heterocycles. The minimum atomic E-state index is -0.285. The van der Waals surface area contributed by atoms with E-state index in [1.165, 1.54) is 44.9 Å². The number of nitrogens with two attached hydrogens (primary N) is 1. The number of anilines is 1. The highest BCUT2D eigenvalue weighted by Crippen LogP contribution is 2.25. The lowest BCUT2D eigenvalue weighted by Gasteiger charge is -2.07. The summed E-state index contributed by atoms with van der Waals surface area (Å²) in [5, 5.41) is 0.907. The molecule has 3 heteroatoms. The number of aryl methyl sites for hydroxylation is 1. The van der Waals surface area contributed by atoms with E-state index in [1.54, 1.807) is 6.07 Å². The van der Waals surface area contributed by atoms with E-state index < -0.39 is 0 Å². The van der Waals surface area contributed by atoms with Crippen molar-refractivity contribution in [3.8, 4) is 0 Å². The molecule has 0 unspecified atom stereocenters. The van der Waals surface area contributed by atoms with Crippen molar-refractivity contribution in [2.24, 2.45) is 0 Å². The molecule has 3 nitrogen and oxygen atoms in total. The quantitative estimate of drug-likeness (QED) is 0.400. The van der Waals surface area contributed by atoms with E-state index in [1.807, 2.05) is 18.2 Å². The Labute approximate surface area is 132 Å². The zero-order valence-corrected chi connectivity index (χ0v) is 13.6. The molecule has 2 rings (SSSR count). The number of rotatable bonds is 9. The molecule has 0 saturated carbocycles. The van der Waals surface area contributed by atoms with Crippen LogP contribution in [0.1, 0.15) is 63.9 Å². The highest BCUT2D eigenvalue weighted by molar-refractivity contribution is 5.91. The van der Waals surface area contributed by atoms with Crippen molar-refractivity contribution in [2.75, 3.05) is 5.73 Å². The third-order valence-corrected chi connectivity index (χ3v) is 4.18. The molecule has 0 radical (unpaired) electrons. The monoisotopic (exact) mass is 301 g/mol. The minimum absolute atomic E-state index is 0.285. The Morgan fingerprint density at radius 3 is 2.41 bits per heavy atom. The highest BCUT2D eigenvalue weighted by atomic mass is 16.4. The van der Waals surface area contributed by atoms with Crippen LogP contribution in [0, 0.1) is 0 Å². The fourth-order valence-electron chi connectivity index (χ4n) is 2.98. The molecule has 120 valence electrons. The van der Waals surface area contributed by atoms with Crippen molar-refractivity contribution in [1.29, 1.82) is 0 Å². The molecule has 0 amide bonds. The zero-order valence-electron chi connectivity index (χ0n) is 13.6. The molecule has 2 N–H and O–H groups in total. The number of nitrogen functional groups attached to an aromatic ring is 1. The maximum atomic E-state index is 11.6. The van der Waals surface area contributed by atoms with Gasteiger partial charge in [0.15, 0.2) is 0 Å². The predicted octanol–water partition coefficient (Wildman–Crippen LogP) is 5.06. The van der Waals surface area contributed by atoms with Crippen LogP contribution in [-0.4, -0.2) is 0 Å². The van der Waals surface area contributed by atoms with Crippen molar-refractivity contribution in [1.82, 2.24) is 0 Å². The Balaban J connectivity index is 1.88. The molecule has 1 aromatic carbocycles. The van der Waals surface area contributed by atoms with Gasteiger partial charge in [-0.25, -0.2) is 4.79 Å². The molecule has 1 aromatic heterocycles. The van der Waals surface area contributed by atoms with Crippen molar-refractivity contribution in [2.45, 2.75) is 64.7 Å². The summed E-state index contributed by atoms with van der Waals surface area (Å²) < 4.78 is 5.23. The lowest BCUT2D eigenvalue weighted by atomic mass is 10.0. The summed E-state index contributed by atoms with van der Waals surface area (Å²) in [4.78, 5) is 11.6. The topological polar surface area (TPSA) is 56.2 Å². The summed E-state index contributed by atoms with van der Waals surface area (Å²) in [6.45, 7) is 2.24. The largest absolute Gasteiger partial charge is 0.423 e. The fourth-order valence-corrected chi connectivity index (χ4v) is 2.98. The van der Waals surface area contributed by atoms with Gasteiger partial charge in [0, 0.05) is 17.1 Å². The number of benzene rings is 1. The van der Waals surface area contributed by atoms with Crippen LogP contribution in [0.3, 0.4) is 0 Å². The summed E-state index contributed by atoms with van der Waals surface area (Å²) in [5.74, 6) is 0. The molecule has 0 fully saturated rings. The van der Waals surface area contributed by atoms with Gasteiger partial charge < -0.3 is 10.2 Å². The third-order valence-electron chi connectivity index (χ3n) is 4.18. The lowest BCUT2D eigenvalue weighted by Crippen LogP contribution is -2.02. The van der Waals surface area contributed by atoms with E-state index in [2.05, 4.69) is 6.92 Å². The number of unbranched alkanes of at least 4 members (excludes halogenated alkanes) is 7. The van der Waals surface area contributed by atoms with Gasteiger partial charge in [0.1, 0.15) is 5.58 Å². The lowest BCUT2D eigenvalue weighted by molar-refractivity contribution is 0.555. The summed E-state index contributed by atoms with van der Waals surface area (Å²) in [5.41, 5.74) is 8.07. The second-order valence-corrected chi connectivity index (χ2v) is 6.04. The molecule has 0 aliphatic carbocycles. The second-order valence-electron chi connectivity index (χ2n) is 6.04. The van der Waals surface area contributed by atoms with E-state index in [0.29, 0.717) is 11.3 Å². The molecule has 0 saturated heterocycles. The molecule has 0 aliphatic heterocycles. The van der Waals surface area contributed by atoms with Gasteiger partial charge in [-0.15, -0.1) is 0 Å². The van der Waals surface area contributed by atoms with Crippen LogP contribution < -0.4 is 11.4 Å². The highest BCUT2D eigenvalue weighted by Gasteiger charge is 2.08. The van der Waals surface area contributed by atoms with Crippen molar-refractivity contribution in [3.63, 3.8) is 0 Å². The van der Waals surface area contributed by atoms with Crippen LogP contribution in [-0.2, 0) is 6.42 Å². The molecule has 0 spiro atoms. The smallest absolute Gasteiger partial charge is 0.336 e. The standard InChI is InChI=1S/C19H27NO2/c1-2-3-4-5-6-7-8-9-11-15-14-18(21)22-17-13-10-12-16(20)19(15)17/h10,12-14H,2-9,11,20H2,1H3. The zero-order chi connectivity index (χ0) is 15.8. The average Bonchev–Trinajstić information content (AvgIpc) is 2.49. The van der Waals surface area contributed by atoms with Gasteiger partial charge in [-0.1, -0.05) is 57.9 Å². The van der Waals surface area contributed by atoms with E-state index in [-0.39, 0.29) is 5.63 Å². The second kappa shape index (κ2) is 8.62. The fraction of sp³-hybridized carbons (Fsp3) is 0.526. The van der Waals surface area contributed by atoms with Crippen LogP contribution in [0.5, 0.6) is 0 Å². The van der Waals surface area contributed by atoms with Crippen LogP contribution >= 0.6 is 0 Å². The van der Waals surface area contributed by atoms with E-state index in [9.17, 15) is 4.79 Å². The maximum absolute atomic E-state index is 11.6. The first-order chi connectivity index (χ1) is 10.7. The van der Waals surface area contributed by atoms with Crippen molar-refractivity contribution in [3.05, 3.63) is 40.2 Å². The van der Waals surface area contributed by atoms with Crippen molar-refractivity contribution >= 4 is 16.7 Å². The molecule has 2 aromatic rings. The first kappa shape index (κ1) is 16.6. The first-order valence-electron chi connectivity index (χ1n) is 8.53. The summed E-state index contributed by atoms with van der Waals surface area (Å²) >= 11 is 0. The van der Waals surface area contributed by atoms with Gasteiger partial charge in [-0.05, 0) is 30.5 Å². The SMILES string of the molecule is CCCCCCCCCCc1cc(=O)oc2cccc(N)c12. The molecule has 22 heavy (non-hydrogen) atoms. The summed E-state index contributed by atoms with van der Waals surface area (Å²) in [6, 6.07) is 7.09. The Morgan fingerprint density at radius 2 is 1.68 bits per heavy atom. The Bertz CT molecular complexity index is 645. The number of fused-ring (bicyclic) bond motifs is 1. The van der Waals surface area contributed by atoms with Crippen LogP contribution in [0.25, 0.3) is 11.0 Å². The van der Waals surface area contributed by atoms with Crippen LogP contribution in [0.15, 0.2) is 33.5 Å². The van der Waals surface area contributed by atoms with Crippen molar-refractivity contribution < 1.29 is 4.42 Å². The molecule has 0 atom stereocenters. The normalized spacial score (nSPS) is 11.1. The Hall–Kier alpha value is -1.77. The molecule has 0 aliphatic rings. The number of hydrogen-bond donors (Lipinski definition) is 1. The molecular weight excluding hydrogens is 274 g/mol. The minimum Gasteiger partial charge on any atom is -0.423 e. The van der Waals surface area contributed by atoms with Crippen LogP contribution in [0.2, 0.25) is 0 Å². The molecular formula is C19H27NO2. The van der Waals surface area contributed by atoms with Crippen LogP contribution in [0.4, 0.5) is 5.69 Å². The van der Waals surface area contributed by atoms with Gasteiger partial charge >= 0.3 is 5.63 Å². The van der Waals surface area contributed by atoms with Gasteiger partial charge in [0.25, 0.3) is 0 Å². The maximum Gasteiger partial charge on any atom is 0.336 e. The van der Waals surface area contributed by atoms with Gasteiger partial charge in [0.2, 0.25) is 0 Å². The van der Waals surface area contributed by atoms with Gasteiger partial charge in [-0.2, -0.15) is 0 Å². The van der Waals surface area contributed by atoms with Gasteiger partial charge in [0.05, 0.1) is 0 Å². The van der Waals surface area contributed by atoms with Gasteiger partial charge in [-0.3, -0.25) is 0 Å². The first-order valence-corrected chi connectivity index (χ1v) is 8.53. The van der Waals surface area contributed by atoms with E-state index in [4.69, 9.17) is 10.2 Å².